The van der Waals surface area contributed by atoms with Gasteiger partial charge in [0.05, 0.1) is 19.6 Å². The molecule has 0 saturated heterocycles. The van der Waals surface area contributed by atoms with Crippen LogP contribution < -0.4 is 21.7 Å². The number of carbonyl (C=O) groups is 1. The topological polar surface area (TPSA) is 119 Å². The van der Waals surface area contributed by atoms with Gasteiger partial charge in [0, 0.05) is 18.7 Å². The first-order chi connectivity index (χ1) is 15.7. The van der Waals surface area contributed by atoms with Gasteiger partial charge in [-0.3, -0.25) is 14.3 Å². The largest absolute Gasteiger partial charge is 0.494 e. The molecule has 0 aliphatic heterocycles. The third kappa shape index (κ3) is 5.62. The van der Waals surface area contributed by atoms with Crippen molar-refractivity contribution in [2.75, 3.05) is 6.61 Å². The number of hydrogen-bond donors (Lipinski definition) is 2. The lowest BCUT2D eigenvalue weighted by atomic mass is 10.1. The van der Waals surface area contributed by atoms with Crippen LogP contribution in [0, 0.1) is 18.6 Å². The summed E-state index contributed by atoms with van der Waals surface area (Å²) in [5.74, 6) is -3.32. The zero-order valence-corrected chi connectivity index (χ0v) is 18.0. The number of halogens is 2. The van der Waals surface area contributed by atoms with Crippen LogP contribution in [0.3, 0.4) is 0 Å². The molecule has 0 bridgehead atoms. The number of H-pyrrole nitrogens is 1. The molecule has 0 amide bonds. The molecule has 0 spiro atoms. The van der Waals surface area contributed by atoms with E-state index in [1.54, 1.807) is 19.1 Å². The summed E-state index contributed by atoms with van der Waals surface area (Å²) in [7, 11) is 0. The van der Waals surface area contributed by atoms with E-state index in [9.17, 15) is 23.2 Å². The number of hydrogen-bond acceptors (Lipinski definition) is 5. The zero-order valence-electron chi connectivity index (χ0n) is 18.0. The number of ether oxygens (including phenoxy) is 1. The van der Waals surface area contributed by atoms with Crippen molar-refractivity contribution in [1.29, 1.82) is 0 Å². The number of carboxylic acids is 1. The van der Waals surface area contributed by atoms with Crippen LogP contribution in [-0.2, 0) is 17.9 Å². The fourth-order valence-corrected chi connectivity index (χ4v) is 3.07. The van der Waals surface area contributed by atoms with Crippen molar-refractivity contribution in [1.82, 2.24) is 14.1 Å². The van der Waals surface area contributed by atoms with Gasteiger partial charge in [-0.05, 0) is 19.4 Å². The van der Waals surface area contributed by atoms with Crippen molar-refractivity contribution in [3.8, 4) is 5.75 Å². The van der Waals surface area contributed by atoms with Gasteiger partial charge < -0.3 is 9.84 Å². The van der Waals surface area contributed by atoms with E-state index in [0.717, 1.165) is 22.3 Å². The molecule has 0 saturated carbocycles. The number of nitrogens with zero attached hydrogens (tertiary/aromatic N) is 3. The van der Waals surface area contributed by atoms with E-state index < -0.39 is 41.1 Å². The Morgan fingerprint density at radius 1 is 1.12 bits per heavy atom. The van der Waals surface area contributed by atoms with E-state index in [1.165, 1.54) is 0 Å². The fourth-order valence-electron chi connectivity index (χ4n) is 3.07. The SMILES string of the molecule is CCOc1cc(F)c(/N=c2\[nH]c(=O)n(CCC(=O)O)c(=O)n2Cc2ccc(C)cc2)c(F)c1. The molecule has 0 fully saturated rings. The van der Waals surface area contributed by atoms with Gasteiger partial charge in [-0.1, -0.05) is 29.8 Å². The molecule has 2 N–H and O–H groups in total. The van der Waals surface area contributed by atoms with E-state index in [0.29, 0.717) is 10.1 Å². The fraction of sp³-hybridized carbons (Fsp3) is 0.273. The quantitative estimate of drug-likeness (QED) is 0.534. The lowest BCUT2D eigenvalue weighted by molar-refractivity contribution is -0.137. The lowest BCUT2D eigenvalue weighted by Gasteiger charge is -2.11. The summed E-state index contributed by atoms with van der Waals surface area (Å²) in [6, 6.07) is 9.01. The van der Waals surface area contributed by atoms with E-state index in [2.05, 4.69) is 9.98 Å². The van der Waals surface area contributed by atoms with Gasteiger partial charge in [-0.25, -0.2) is 27.9 Å². The number of carboxylic acid groups (broad SMARTS) is 1. The second-order valence-corrected chi connectivity index (χ2v) is 7.18. The normalized spacial score (nSPS) is 11.6. The number of nitrogens with one attached hydrogen (secondary N) is 1. The molecule has 1 aromatic heterocycles. The van der Waals surface area contributed by atoms with Gasteiger partial charge in [0.1, 0.15) is 11.4 Å². The molecule has 33 heavy (non-hydrogen) atoms. The Morgan fingerprint density at radius 2 is 1.76 bits per heavy atom. The zero-order chi connectivity index (χ0) is 24.1. The first-order valence-corrected chi connectivity index (χ1v) is 10.1. The molecule has 0 unspecified atom stereocenters. The third-order valence-corrected chi connectivity index (χ3v) is 4.71. The van der Waals surface area contributed by atoms with E-state index in [1.807, 2.05) is 19.1 Å². The molecule has 174 valence electrons. The molecule has 0 radical (unpaired) electrons. The summed E-state index contributed by atoms with van der Waals surface area (Å²) in [5.41, 5.74) is -1.29. The Labute approximate surface area is 186 Å². The van der Waals surface area contributed by atoms with Gasteiger partial charge in [-0.2, -0.15) is 0 Å². The Kier molecular flexibility index (Phi) is 7.21. The average molecular weight is 460 g/mol. The Morgan fingerprint density at radius 3 is 2.33 bits per heavy atom. The minimum atomic E-state index is -1.20. The second-order valence-electron chi connectivity index (χ2n) is 7.18. The molecule has 3 aromatic rings. The number of aromatic nitrogens is 3. The predicted molar refractivity (Wildman–Crippen MR) is 115 cm³/mol. The molecule has 0 aliphatic rings. The average Bonchev–Trinajstić information content (AvgIpc) is 2.74. The van der Waals surface area contributed by atoms with Crippen molar-refractivity contribution in [2.45, 2.75) is 33.4 Å². The van der Waals surface area contributed by atoms with Crippen LogP contribution in [0.1, 0.15) is 24.5 Å². The predicted octanol–water partition coefficient (Wildman–Crippen LogP) is 2.08. The lowest BCUT2D eigenvalue weighted by Crippen LogP contribution is -2.50. The minimum absolute atomic E-state index is 0.0310. The molecule has 2 aromatic carbocycles. The standard InChI is InChI=1S/C22H22F2N4O5/c1-3-33-15-10-16(23)19(17(24)11-15)25-20-26-21(31)27(9-8-18(29)30)22(32)28(20)12-14-6-4-13(2)5-7-14/h4-7,10-11H,3,8-9,12H2,1-2H3,(H,29,30)(H,25,26,31). The van der Waals surface area contributed by atoms with Gasteiger partial charge in [-0.15, -0.1) is 0 Å². The van der Waals surface area contributed by atoms with Crippen LogP contribution in [0.4, 0.5) is 14.5 Å². The molecular formula is C22H22F2N4O5. The minimum Gasteiger partial charge on any atom is -0.494 e. The maximum Gasteiger partial charge on any atom is 0.335 e. The Balaban J connectivity index is 2.21. The Hall–Kier alpha value is -4.02. The summed E-state index contributed by atoms with van der Waals surface area (Å²) in [5, 5.41) is 8.91. The van der Waals surface area contributed by atoms with Crippen LogP contribution in [0.25, 0.3) is 0 Å². The van der Waals surface area contributed by atoms with Gasteiger partial charge in [0.2, 0.25) is 5.62 Å². The Bertz CT molecular complexity index is 1330. The van der Waals surface area contributed by atoms with Crippen molar-refractivity contribution < 1.29 is 23.4 Å². The van der Waals surface area contributed by atoms with Crippen LogP contribution in [0.15, 0.2) is 51.0 Å². The van der Waals surface area contributed by atoms with Crippen molar-refractivity contribution in [2.24, 2.45) is 4.99 Å². The molecule has 1 heterocycles. The van der Waals surface area contributed by atoms with Gasteiger partial charge in [0.25, 0.3) is 0 Å². The number of aromatic amines is 1. The number of aryl methyl sites for hydroxylation is 1. The molecule has 11 heteroatoms. The maximum absolute atomic E-state index is 14.5. The highest BCUT2D eigenvalue weighted by Crippen LogP contribution is 2.26. The summed E-state index contributed by atoms with van der Waals surface area (Å²) < 4.78 is 35.9. The third-order valence-electron chi connectivity index (χ3n) is 4.71. The van der Waals surface area contributed by atoms with Crippen LogP contribution in [-0.4, -0.2) is 31.8 Å². The van der Waals surface area contributed by atoms with E-state index >= 15 is 0 Å². The molecule has 9 nitrogen and oxygen atoms in total. The van der Waals surface area contributed by atoms with Crippen LogP contribution >= 0.6 is 0 Å². The molecule has 0 aliphatic carbocycles. The highest BCUT2D eigenvalue weighted by Gasteiger charge is 2.15. The molecular weight excluding hydrogens is 438 g/mol. The number of aliphatic carboxylic acids is 1. The molecule has 0 atom stereocenters. The van der Waals surface area contributed by atoms with Gasteiger partial charge in [0.15, 0.2) is 11.6 Å². The van der Waals surface area contributed by atoms with Crippen molar-refractivity contribution in [3.63, 3.8) is 0 Å². The van der Waals surface area contributed by atoms with Crippen LogP contribution in [0.5, 0.6) is 5.75 Å². The summed E-state index contributed by atoms with van der Waals surface area (Å²) in [6.07, 6.45) is -0.466. The summed E-state index contributed by atoms with van der Waals surface area (Å²) in [6.45, 7) is 3.28. The number of rotatable bonds is 8. The monoisotopic (exact) mass is 460 g/mol. The van der Waals surface area contributed by atoms with E-state index in [4.69, 9.17) is 9.84 Å². The van der Waals surface area contributed by atoms with Gasteiger partial charge >= 0.3 is 17.3 Å². The van der Waals surface area contributed by atoms with Crippen molar-refractivity contribution >= 4 is 11.7 Å². The summed E-state index contributed by atoms with van der Waals surface area (Å²) >= 11 is 0. The second kappa shape index (κ2) is 10.1. The first-order valence-electron chi connectivity index (χ1n) is 10.1. The van der Waals surface area contributed by atoms with Crippen LogP contribution in [0.2, 0.25) is 0 Å². The molecule has 3 rings (SSSR count). The first kappa shape index (κ1) is 23.6. The highest BCUT2D eigenvalue weighted by molar-refractivity contribution is 5.66. The maximum atomic E-state index is 14.5. The summed E-state index contributed by atoms with van der Waals surface area (Å²) in [4.78, 5) is 42.6. The number of benzene rings is 2. The van der Waals surface area contributed by atoms with Crippen molar-refractivity contribution in [3.05, 3.63) is 85.7 Å². The van der Waals surface area contributed by atoms with E-state index in [-0.39, 0.29) is 31.1 Å². The smallest absolute Gasteiger partial charge is 0.335 e. The highest BCUT2D eigenvalue weighted by atomic mass is 19.1.